The van der Waals surface area contributed by atoms with Gasteiger partial charge in [-0.05, 0) is 23.6 Å². The molecule has 3 aromatic rings. The van der Waals surface area contributed by atoms with E-state index >= 15 is 0 Å². The van der Waals surface area contributed by atoms with E-state index in [4.69, 9.17) is 5.73 Å². The molecule has 1 heterocycles. The fourth-order valence-corrected chi connectivity index (χ4v) is 2.88. The molecule has 0 atom stereocenters. The van der Waals surface area contributed by atoms with Gasteiger partial charge in [-0.3, -0.25) is 4.79 Å². The maximum absolute atomic E-state index is 12.2. The van der Waals surface area contributed by atoms with Gasteiger partial charge in [0.15, 0.2) is 0 Å². The van der Waals surface area contributed by atoms with Gasteiger partial charge in [-0.15, -0.1) is 0 Å². The summed E-state index contributed by atoms with van der Waals surface area (Å²) in [5.74, 6) is -0.0412. The van der Waals surface area contributed by atoms with Crippen molar-refractivity contribution in [2.45, 2.75) is 6.92 Å². The van der Waals surface area contributed by atoms with Gasteiger partial charge in [0.05, 0.1) is 0 Å². The van der Waals surface area contributed by atoms with Gasteiger partial charge in [-0.1, -0.05) is 54.1 Å². The molecule has 0 amide bonds. The third kappa shape index (κ3) is 2.75. The minimum absolute atomic E-state index is 0.0412. The molecular formula is C20H14N4O. The molecule has 3 rings (SSSR count). The van der Waals surface area contributed by atoms with Crippen LogP contribution in [0.1, 0.15) is 16.7 Å². The number of nitrogens with zero attached hydrogens (tertiary/aromatic N) is 2. The quantitative estimate of drug-likeness (QED) is 0.753. The second kappa shape index (κ2) is 6.35. The number of hydrogen-bond acceptors (Lipinski definition) is 4. The number of nitrogens with one attached hydrogen (secondary N) is 1. The van der Waals surface area contributed by atoms with E-state index in [9.17, 15) is 15.3 Å². The van der Waals surface area contributed by atoms with Crippen molar-refractivity contribution in [3.05, 3.63) is 75.6 Å². The topological polar surface area (TPSA) is 106 Å². The number of aromatic amines is 1. The molecule has 3 N–H and O–H groups in total. The molecule has 120 valence electrons. The first-order valence-electron chi connectivity index (χ1n) is 7.59. The van der Waals surface area contributed by atoms with Crippen LogP contribution in [0.3, 0.4) is 0 Å². The van der Waals surface area contributed by atoms with Gasteiger partial charge in [0.2, 0.25) is 0 Å². The zero-order chi connectivity index (χ0) is 18.0. The molecule has 25 heavy (non-hydrogen) atoms. The maximum Gasteiger partial charge on any atom is 0.268 e. The van der Waals surface area contributed by atoms with Crippen LogP contribution in [0.4, 0.5) is 5.82 Å². The largest absolute Gasteiger partial charge is 0.384 e. The molecule has 0 radical (unpaired) electrons. The standard InChI is InChI=1S/C20H14N4O/c1-12-5-4-6-13(9-12)14-7-2-3-8-15(14)18-16(10-21)19(23)24-20(25)17(18)11-22/h2-9H,1H3,(H3,23,24,25). The summed E-state index contributed by atoms with van der Waals surface area (Å²) in [6.07, 6.45) is 0. The molecule has 5 heteroatoms. The lowest BCUT2D eigenvalue weighted by molar-refractivity contribution is 1.21. The minimum atomic E-state index is -0.604. The number of nitrogens with two attached hydrogens (primary N) is 1. The Bertz CT molecular complexity index is 1110. The zero-order valence-corrected chi connectivity index (χ0v) is 13.5. The van der Waals surface area contributed by atoms with E-state index in [1.54, 1.807) is 12.1 Å². The number of nitrogen functional groups attached to an aromatic ring is 1. The first-order valence-corrected chi connectivity index (χ1v) is 7.59. The van der Waals surface area contributed by atoms with Gasteiger partial charge < -0.3 is 10.7 Å². The molecule has 0 bridgehead atoms. The average molecular weight is 326 g/mol. The van der Waals surface area contributed by atoms with Crippen molar-refractivity contribution < 1.29 is 0 Å². The Morgan fingerprint density at radius 2 is 1.64 bits per heavy atom. The molecule has 0 unspecified atom stereocenters. The molecule has 0 fully saturated rings. The predicted molar refractivity (Wildman–Crippen MR) is 96.5 cm³/mol. The number of benzene rings is 2. The number of H-pyrrole nitrogens is 1. The van der Waals surface area contributed by atoms with Crippen LogP contribution in [0, 0.1) is 29.6 Å². The summed E-state index contributed by atoms with van der Waals surface area (Å²) >= 11 is 0. The molecule has 5 nitrogen and oxygen atoms in total. The van der Waals surface area contributed by atoms with E-state index in [1.807, 2.05) is 55.5 Å². The highest BCUT2D eigenvalue weighted by Gasteiger charge is 2.20. The van der Waals surface area contributed by atoms with Crippen LogP contribution in [0.2, 0.25) is 0 Å². The number of nitriles is 2. The van der Waals surface area contributed by atoms with Crippen LogP contribution < -0.4 is 11.3 Å². The fraction of sp³-hybridized carbons (Fsp3) is 0.0500. The summed E-state index contributed by atoms with van der Waals surface area (Å²) in [6, 6.07) is 19.1. The molecule has 0 saturated heterocycles. The third-order valence-electron chi connectivity index (χ3n) is 3.99. The molecule has 0 aliphatic heterocycles. The van der Waals surface area contributed by atoms with Gasteiger partial charge in [0.25, 0.3) is 5.56 Å². The first-order chi connectivity index (χ1) is 12.1. The third-order valence-corrected chi connectivity index (χ3v) is 3.99. The molecule has 0 aliphatic rings. The van der Waals surface area contributed by atoms with Crippen LogP contribution in [0.15, 0.2) is 53.3 Å². The van der Waals surface area contributed by atoms with Crippen LogP contribution in [-0.4, -0.2) is 4.98 Å². The fourth-order valence-electron chi connectivity index (χ4n) is 2.88. The van der Waals surface area contributed by atoms with Gasteiger partial charge in [-0.25, -0.2) is 0 Å². The molecule has 2 aromatic carbocycles. The predicted octanol–water partition coefficient (Wildman–Crippen LogP) is 3.34. The Labute approximate surface area is 144 Å². The number of anilines is 1. The second-order valence-electron chi connectivity index (χ2n) is 5.63. The van der Waals surface area contributed by atoms with Crippen LogP contribution in [0.25, 0.3) is 22.3 Å². The summed E-state index contributed by atoms with van der Waals surface area (Å²) in [6.45, 7) is 1.98. The number of hydrogen-bond donors (Lipinski definition) is 2. The second-order valence-corrected chi connectivity index (χ2v) is 5.63. The first kappa shape index (κ1) is 16.0. The normalized spacial score (nSPS) is 10.0. The summed E-state index contributed by atoms with van der Waals surface area (Å²) < 4.78 is 0. The number of rotatable bonds is 2. The van der Waals surface area contributed by atoms with Crippen molar-refractivity contribution in [1.29, 1.82) is 10.5 Å². The van der Waals surface area contributed by atoms with Crippen molar-refractivity contribution in [3.63, 3.8) is 0 Å². The lowest BCUT2D eigenvalue weighted by Crippen LogP contribution is -2.16. The molecule has 0 spiro atoms. The van der Waals surface area contributed by atoms with Crippen LogP contribution >= 0.6 is 0 Å². The van der Waals surface area contributed by atoms with E-state index in [2.05, 4.69) is 4.98 Å². The Morgan fingerprint density at radius 1 is 0.960 bits per heavy atom. The molecule has 1 aromatic heterocycles. The zero-order valence-electron chi connectivity index (χ0n) is 13.5. The highest BCUT2D eigenvalue weighted by molar-refractivity contribution is 5.90. The van der Waals surface area contributed by atoms with E-state index < -0.39 is 5.56 Å². The van der Waals surface area contributed by atoms with Gasteiger partial charge >= 0.3 is 0 Å². The van der Waals surface area contributed by atoms with Crippen molar-refractivity contribution in [3.8, 4) is 34.4 Å². The lowest BCUT2D eigenvalue weighted by atomic mass is 9.89. The summed E-state index contributed by atoms with van der Waals surface area (Å²) in [4.78, 5) is 14.5. The Hall–Kier alpha value is -3.83. The number of aryl methyl sites for hydroxylation is 1. The Balaban J connectivity index is 2.43. The molecule has 0 aliphatic carbocycles. The van der Waals surface area contributed by atoms with Gasteiger partial charge in [0.1, 0.15) is 29.1 Å². The van der Waals surface area contributed by atoms with Crippen LogP contribution in [0.5, 0.6) is 0 Å². The van der Waals surface area contributed by atoms with Crippen molar-refractivity contribution in [1.82, 2.24) is 4.98 Å². The summed E-state index contributed by atoms with van der Waals surface area (Å²) in [5, 5.41) is 19.0. The summed E-state index contributed by atoms with van der Waals surface area (Å²) in [7, 11) is 0. The highest BCUT2D eigenvalue weighted by atomic mass is 16.1. The highest BCUT2D eigenvalue weighted by Crippen LogP contribution is 2.36. The summed E-state index contributed by atoms with van der Waals surface area (Å²) in [5.41, 5.74) is 8.92. The maximum atomic E-state index is 12.2. The van der Waals surface area contributed by atoms with Crippen molar-refractivity contribution >= 4 is 5.82 Å². The SMILES string of the molecule is Cc1cccc(-c2ccccc2-c2c(C#N)c(N)[nH]c(=O)c2C#N)c1. The molecular weight excluding hydrogens is 312 g/mol. The van der Waals surface area contributed by atoms with Gasteiger partial charge in [0, 0.05) is 5.56 Å². The number of pyridine rings is 1. The Kier molecular flexibility index (Phi) is 4.07. The average Bonchev–Trinajstić information content (AvgIpc) is 2.61. The van der Waals surface area contributed by atoms with Gasteiger partial charge in [-0.2, -0.15) is 10.5 Å². The van der Waals surface area contributed by atoms with Crippen molar-refractivity contribution in [2.75, 3.05) is 5.73 Å². The smallest absolute Gasteiger partial charge is 0.268 e. The van der Waals surface area contributed by atoms with E-state index in [1.165, 1.54) is 0 Å². The molecule has 0 saturated carbocycles. The Morgan fingerprint density at radius 3 is 2.28 bits per heavy atom. The van der Waals surface area contributed by atoms with Crippen molar-refractivity contribution in [2.24, 2.45) is 0 Å². The van der Waals surface area contributed by atoms with E-state index in [0.29, 0.717) is 5.56 Å². The van der Waals surface area contributed by atoms with E-state index in [0.717, 1.165) is 16.7 Å². The van der Waals surface area contributed by atoms with E-state index in [-0.39, 0.29) is 22.5 Å². The number of aromatic nitrogens is 1. The van der Waals surface area contributed by atoms with Crippen LogP contribution in [-0.2, 0) is 0 Å². The minimum Gasteiger partial charge on any atom is -0.384 e. The monoisotopic (exact) mass is 326 g/mol. The lowest BCUT2D eigenvalue weighted by Gasteiger charge is -2.14.